The summed E-state index contributed by atoms with van der Waals surface area (Å²) in [4.78, 5) is 2.62. The predicted molar refractivity (Wildman–Crippen MR) is 88.8 cm³/mol. The van der Waals surface area contributed by atoms with Crippen LogP contribution in [0.1, 0.15) is 46.1 Å². The third kappa shape index (κ3) is 3.58. The molecule has 0 amide bonds. The highest BCUT2D eigenvalue weighted by Crippen LogP contribution is 2.30. The minimum atomic E-state index is 0.177. The summed E-state index contributed by atoms with van der Waals surface area (Å²) in [5.74, 6) is 0.942. The van der Waals surface area contributed by atoms with Crippen LogP contribution in [-0.4, -0.2) is 36.2 Å². The smallest absolute Gasteiger partial charge is 0.119 e. The van der Waals surface area contributed by atoms with Gasteiger partial charge < -0.3 is 10.1 Å². The first kappa shape index (κ1) is 16.3. The summed E-state index contributed by atoms with van der Waals surface area (Å²) in [7, 11) is 1.73. The lowest BCUT2D eigenvalue weighted by molar-refractivity contribution is 0.0161. The first-order valence-electron chi connectivity index (χ1n) is 8.08. The number of piperazine rings is 1. The molecular formula is C18H30N2O. The van der Waals surface area contributed by atoms with Gasteiger partial charge in [0, 0.05) is 30.7 Å². The van der Waals surface area contributed by atoms with Crippen molar-refractivity contribution < 1.29 is 4.74 Å². The van der Waals surface area contributed by atoms with Crippen LogP contribution in [0.5, 0.6) is 5.75 Å². The Bertz CT molecular complexity index is 466. The minimum Gasteiger partial charge on any atom is -0.497 e. The molecule has 118 valence electrons. The fourth-order valence-electron chi connectivity index (χ4n) is 3.14. The van der Waals surface area contributed by atoms with Crippen molar-refractivity contribution in [3.8, 4) is 5.75 Å². The summed E-state index contributed by atoms with van der Waals surface area (Å²) in [5.41, 5.74) is 1.76. The van der Waals surface area contributed by atoms with E-state index in [0.29, 0.717) is 0 Å². The maximum absolute atomic E-state index is 5.35. The van der Waals surface area contributed by atoms with Crippen LogP contribution in [0.25, 0.3) is 0 Å². The molecule has 0 aromatic heterocycles. The van der Waals surface area contributed by atoms with Crippen LogP contribution < -0.4 is 10.1 Å². The van der Waals surface area contributed by atoms with Crippen LogP contribution in [0.4, 0.5) is 0 Å². The maximum Gasteiger partial charge on any atom is 0.119 e. The molecule has 1 aromatic rings. The van der Waals surface area contributed by atoms with Crippen molar-refractivity contribution in [2.75, 3.05) is 20.2 Å². The number of hydrogen-bond acceptors (Lipinski definition) is 3. The van der Waals surface area contributed by atoms with Gasteiger partial charge in [-0.2, -0.15) is 0 Å². The SMILES string of the molecule is CCC1(CC)CN(Cc2cccc(OC)c2)C(C)(C)CN1. The monoisotopic (exact) mass is 290 g/mol. The topological polar surface area (TPSA) is 24.5 Å². The fraction of sp³-hybridized carbons (Fsp3) is 0.667. The Morgan fingerprint density at radius 1 is 1.24 bits per heavy atom. The predicted octanol–water partition coefficient (Wildman–Crippen LogP) is 3.44. The van der Waals surface area contributed by atoms with E-state index < -0.39 is 0 Å². The second kappa shape index (κ2) is 6.37. The lowest BCUT2D eigenvalue weighted by atomic mass is 9.84. The largest absolute Gasteiger partial charge is 0.497 e. The zero-order valence-electron chi connectivity index (χ0n) is 14.2. The van der Waals surface area contributed by atoms with Crippen LogP contribution >= 0.6 is 0 Å². The van der Waals surface area contributed by atoms with Gasteiger partial charge in [-0.3, -0.25) is 4.90 Å². The Hall–Kier alpha value is -1.06. The van der Waals surface area contributed by atoms with Gasteiger partial charge in [0.05, 0.1) is 7.11 Å². The van der Waals surface area contributed by atoms with Crippen molar-refractivity contribution in [3.63, 3.8) is 0 Å². The zero-order valence-corrected chi connectivity index (χ0v) is 14.2. The van der Waals surface area contributed by atoms with Crippen molar-refractivity contribution in [2.45, 2.75) is 58.2 Å². The molecule has 0 unspecified atom stereocenters. The molecule has 3 nitrogen and oxygen atoms in total. The Balaban J connectivity index is 2.18. The van der Waals surface area contributed by atoms with Crippen molar-refractivity contribution in [1.29, 1.82) is 0 Å². The molecule has 0 aliphatic carbocycles. The number of nitrogens with one attached hydrogen (secondary N) is 1. The van der Waals surface area contributed by atoms with Gasteiger partial charge in [0.1, 0.15) is 5.75 Å². The molecule has 1 aromatic carbocycles. The number of ether oxygens (including phenoxy) is 1. The minimum absolute atomic E-state index is 0.177. The third-order valence-corrected chi connectivity index (χ3v) is 5.11. The first-order chi connectivity index (χ1) is 9.94. The molecule has 0 atom stereocenters. The molecule has 21 heavy (non-hydrogen) atoms. The van der Waals surface area contributed by atoms with Gasteiger partial charge in [0.25, 0.3) is 0 Å². The van der Waals surface area contributed by atoms with Gasteiger partial charge in [-0.05, 0) is 44.4 Å². The Morgan fingerprint density at radius 3 is 2.57 bits per heavy atom. The van der Waals surface area contributed by atoms with Gasteiger partial charge in [0.15, 0.2) is 0 Å². The summed E-state index contributed by atoms with van der Waals surface area (Å²) in [6.07, 6.45) is 2.35. The molecule has 1 fully saturated rings. The van der Waals surface area contributed by atoms with E-state index in [1.807, 2.05) is 6.07 Å². The molecule has 1 aliphatic heterocycles. The second-order valence-corrected chi connectivity index (χ2v) is 6.86. The molecule has 3 heteroatoms. The average Bonchev–Trinajstić information content (AvgIpc) is 2.50. The van der Waals surface area contributed by atoms with Crippen LogP contribution in [-0.2, 0) is 6.54 Å². The Morgan fingerprint density at radius 2 is 1.95 bits per heavy atom. The molecule has 2 rings (SSSR count). The number of methoxy groups -OCH3 is 1. The van der Waals surface area contributed by atoms with Gasteiger partial charge in [-0.1, -0.05) is 26.0 Å². The van der Waals surface area contributed by atoms with Crippen molar-refractivity contribution in [3.05, 3.63) is 29.8 Å². The third-order valence-electron chi connectivity index (χ3n) is 5.11. The van der Waals surface area contributed by atoms with E-state index in [1.54, 1.807) is 7.11 Å². The number of benzene rings is 1. The summed E-state index contributed by atoms with van der Waals surface area (Å²) >= 11 is 0. The van der Waals surface area contributed by atoms with E-state index in [4.69, 9.17) is 4.74 Å². The van der Waals surface area contributed by atoms with E-state index in [1.165, 1.54) is 18.4 Å². The van der Waals surface area contributed by atoms with Crippen LogP contribution in [0.2, 0.25) is 0 Å². The summed E-state index contributed by atoms with van der Waals surface area (Å²) in [6, 6.07) is 8.43. The van der Waals surface area contributed by atoms with Gasteiger partial charge in [0.2, 0.25) is 0 Å². The Labute approximate surface area is 129 Å². The quantitative estimate of drug-likeness (QED) is 0.899. The lowest BCUT2D eigenvalue weighted by Gasteiger charge is -2.52. The molecule has 1 saturated heterocycles. The number of nitrogens with zero attached hydrogens (tertiary/aromatic N) is 1. The normalized spacial score (nSPS) is 21.2. The van der Waals surface area contributed by atoms with Crippen LogP contribution in [0.3, 0.4) is 0 Å². The molecule has 0 spiro atoms. The summed E-state index contributed by atoms with van der Waals surface area (Å²) in [6.45, 7) is 12.4. The van der Waals surface area contributed by atoms with E-state index in [2.05, 4.69) is 56.1 Å². The average molecular weight is 290 g/mol. The zero-order chi connectivity index (χ0) is 15.5. The molecule has 0 saturated carbocycles. The van der Waals surface area contributed by atoms with E-state index in [0.717, 1.165) is 25.4 Å². The lowest BCUT2D eigenvalue weighted by Crippen LogP contribution is -2.67. The van der Waals surface area contributed by atoms with Crippen LogP contribution in [0, 0.1) is 0 Å². The fourth-order valence-corrected chi connectivity index (χ4v) is 3.14. The number of rotatable bonds is 5. The molecular weight excluding hydrogens is 260 g/mol. The molecule has 0 radical (unpaired) electrons. The van der Waals surface area contributed by atoms with E-state index in [-0.39, 0.29) is 11.1 Å². The highest BCUT2D eigenvalue weighted by atomic mass is 16.5. The van der Waals surface area contributed by atoms with Crippen molar-refractivity contribution >= 4 is 0 Å². The highest BCUT2D eigenvalue weighted by molar-refractivity contribution is 5.28. The van der Waals surface area contributed by atoms with E-state index >= 15 is 0 Å². The van der Waals surface area contributed by atoms with Gasteiger partial charge >= 0.3 is 0 Å². The highest BCUT2D eigenvalue weighted by Gasteiger charge is 2.40. The Kier molecular flexibility index (Phi) is 4.95. The van der Waals surface area contributed by atoms with Gasteiger partial charge in [-0.25, -0.2) is 0 Å². The van der Waals surface area contributed by atoms with Crippen molar-refractivity contribution in [2.24, 2.45) is 0 Å². The molecule has 1 heterocycles. The standard InChI is InChI=1S/C18H30N2O/c1-6-18(7-2)14-20(17(3,4)13-19-18)12-15-9-8-10-16(11-15)21-5/h8-11,19H,6-7,12-14H2,1-5H3. The van der Waals surface area contributed by atoms with E-state index in [9.17, 15) is 0 Å². The molecule has 1 N–H and O–H groups in total. The maximum atomic E-state index is 5.35. The number of hydrogen-bond donors (Lipinski definition) is 1. The summed E-state index contributed by atoms with van der Waals surface area (Å²) in [5, 5.41) is 3.79. The summed E-state index contributed by atoms with van der Waals surface area (Å²) < 4.78 is 5.35. The van der Waals surface area contributed by atoms with Crippen LogP contribution in [0.15, 0.2) is 24.3 Å². The van der Waals surface area contributed by atoms with Gasteiger partial charge in [-0.15, -0.1) is 0 Å². The molecule has 1 aliphatic rings. The first-order valence-corrected chi connectivity index (χ1v) is 8.08. The second-order valence-electron chi connectivity index (χ2n) is 6.86. The van der Waals surface area contributed by atoms with Crippen molar-refractivity contribution in [1.82, 2.24) is 10.2 Å². The molecule has 0 bridgehead atoms.